The monoisotopic (exact) mass is 302 g/mol. The molecule has 1 aromatic heterocycles. The van der Waals surface area contributed by atoms with Crippen LogP contribution in [0.15, 0.2) is 9.59 Å². The highest BCUT2D eigenvalue weighted by Crippen LogP contribution is 2.13. The molecule has 4 N–H and O–H groups in total. The number of nitrogens with one attached hydrogen (secondary N) is 2. The molecule has 0 saturated carbocycles. The lowest BCUT2D eigenvalue weighted by molar-refractivity contribution is 0.186. The Balaban J connectivity index is 3.01. The second kappa shape index (κ2) is 8.01. The van der Waals surface area contributed by atoms with Gasteiger partial charge in [0.1, 0.15) is 11.5 Å². The highest BCUT2D eigenvalue weighted by molar-refractivity contribution is 7.99. The number of aromatic amines is 1. The third-order valence-corrected chi connectivity index (χ3v) is 3.87. The van der Waals surface area contributed by atoms with Crippen LogP contribution < -0.4 is 22.3 Å². The first-order valence-electron chi connectivity index (χ1n) is 6.47. The molecule has 7 nitrogen and oxygen atoms in total. The van der Waals surface area contributed by atoms with Gasteiger partial charge in [-0.2, -0.15) is 11.8 Å². The zero-order valence-electron chi connectivity index (χ0n) is 12.1. The number of nitrogens with zero attached hydrogens (tertiary/aromatic N) is 1. The van der Waals surface area contributed by atoms with Crippen LogP contribution in [0.2, 0.25) is 0 Å². The first kappa shape index (κ1) is 16.6. The SMILES string of the molecule is CCSCC(C)Nc1c(N)n(CCOC)c(=O)[nH]c1=O. The van der Waals surface area contributed by atoms with Gasteiger partial charge in [-0.15, -0.1) is 0 Å². The number of thioether (sulfide) groups is 1. The van der Waals surface area contributed by atoms with Crippen LogP contribution in [0.25, 0.3) is 0 Å². The van der Waals surface area contributed by atoms with Crippen molar-refractivity contribution in [2.45, 2.75) is 26.4 Å². The van der Waals surface area contributed by atoms with Crippen LogP contribution in [-0.4, -0.2) is 40.8 Å². The van der Waals surface area contributed by atoms with Crippen LogP contribution in [0.5, 0.6) is 0 Å². The van der Waals surface area contributed by atoms with Gasteiger partial charge in [-0.3, -0.25) is 14.3 Å². The van der Waals surface area contributed by atoms with Crippen molar-refractivity contribution in [3.8, 4) is 0 Å². The van der Waals surface area contributed by atoms with Gasteiger partial charge in [0.2, 0.25) is 0 Å². The van der Waals surface area contributed by atoms with E-state index in [1.165, 1.54) is 11.7 Å². The van der Waals surface area contributed by atoms with E-state index in [1.54, 1.807) is 11.8 Å². The second-order valence-electron chi connectivity index (χ2n) is 4.37. The minimum absolute atomic E-state index is 0.0803. The summed E-state index contributed by atoms with van der Waals surface area (Å²) in [6, 6.07) is 0.0803. The van der Waals surface area contributed by atoms with Crippen molar-refractivity contribution in [2.24, 2.45) is 0 Å². The summed E-state index contributed by atoms with van der Waals surface area (Å²) in [6.45, 7) is 4.68. The summed E-state index contributed by atoms with van der Waals surface area (Å²) in [4.78, 5) is 25.8. The van der Waals surface area contributed by atoms with Crippen molar-refractivity contribution < 1.29 is 4.74 Å². The number of nitrogen functional groups attached to an aromatic ring is 1. The first-order chi connectivity index (χ1) is 9.51. The van der Waals surface area contributed by atoms with Gasteiger partial charge in [0.05, 0.1) is 13.2 Å². The van der Waals surface area contributed by atoms with E-state index in [4.69, 9.17) is 10.5 Å². The third-order valence-electron chi connectivity index (χ3n) is 2.72. The number of aromatic nitrogens is 2. The van der Waals surface area contributed by atoms with Crippen LogP contribution >= 0.6 is 11.8 Å². The maximum Gasteiger partial charge on any atom is 0.330 e. The predicted octanol–water partition coefficient (Wildman–Crippen LogP) is 0.319. The molecule has 1 heterocycles. The number of rotatable bonds is 8. The lowest BCUT2D eigenvalue weighted by Crippen LogP contribution is -2.36. The number of hydrogen-bond acceptors (Lipinski definition) is 6. The summed E-state index contributed by atoms with van der Waals surface area (Å²) in [6.07, 6.45) is 0. The van der Waals surface area contributed by atoms with Gasteiger partial charge in [-0.25, -0.2) is 4.79 Å². The summed E-state index contributed by atoms with van der Waals surface area (Å²) < 4.78 is 6.23. The Morgan fingerprint density at radius 2 is 2.20 bits per heavy atom. The van der Waals surface area contributed by atoms with Crippen LogP contribution in [0.1, 0.15) is 13.8 Å². The molecule has 0 radical (unpaired) electrons. The Morgan fingerprint density at radius 1 is 1.50 bits per heavy atom. The summed E-state index contributed by atoms with van der Waals surface area (Å²) in [5, 5.41) is 3.07. The number of anilines is 2. The number of nitrogens with two attached hydrogens (primary N) is 1. The van der Waals surface area contributed by atoms with E-state index in [9.17, 15) is 9.59 Å². The molecule has 0 aliphatic heterocycles. The van der Waals surface area contributed by atoms with Gasteiger partial charge in [0.25, 0.3) is 5.56 Å². The molecular weight excluding hydrogens is 280 g/mol. The maximum absolute atomic E-state index is 11.8. The molecule has 1 atom stereocenters. The highest BCUT2D eigenvalue weighted by Gasteiger charge is 2.14. The van der Waals surface area contributed by atoms with E-state index in [-0.39, 0.29) is 17.5 Å². The molecular formula is C12H22N4O3S. The number of hydrogen-bond donors (Lipinski definition) is 3. The predicted molar refractivity (Wildman–Crippen MR) is 83.7 cm³/mol. The standard InChI is InChI=1S/C12H22N4O3S/c1-4-20-7-8(2)14-9-10(13)16(5-6-19-3)12(18)15-11(9)17/h8,14H,4-7,13H2,1-3H3,(H,15,17,18). The fourth-order valence-corrected chi connectivity index (χ4v) is 2.39. The van der Waals surface area contributed by atoms with Crippen LogP contribution in [0.4, 0.5) is 11.5 Å². The number of ether oxygens (including phenoxy) is 1. The fraction of sp³-hybridized carbons (Fsp3) is 0.667. The normalized spacial score (nSPS) is 12.3. The van der Waals surface area contributed by atoms with Crippen molar-refractivity contribution in [2.75, 3.05) is 36.3 Å². The summed E-state index contributed by atoms with van der Waals surface area (Å²) in [5.41, 5.74) is 5.15. The van der Waals surface area contributed by atoms with Gasteiger partial charge in [0, 0.05) is 18.9 Å². The summed E-state index contributed by atoms with van der Waals surface area (Å²) in [7, 11) is 1.54. The topological polar surface area (TPSA) is 102 Å². The highest BCUT2D eigenvalue weighted by atomic mass is 32.2. The van der Waals surface area contributed by atoms with Crippen molar-refractivity contribution in [1.82, 2.24) is 9.55 Å². The van der Waals surface area contributed by atoms with Crippen molar-refractivity contribution in [1.29, 1.82) is 0 Å². The van der Waals surface area contributed by atoms with Gasteiger partial charge in [-0.1, -0.05) is 6.92 Å². The largest absolute Gasteiger partial charge is 0.383 e. The molecule has 0 spiro atoms. The minimum atomic E-state index is -0.523. The average Bonchev–Trinajstić information content (AvgIpc) is 2.41. The molecule has 0 aliphatic carbocycles. The van der Waals surface area contributed by atoms with Gasteiger partial charge in [0.15, 0.2) is 0 Å². The Labute approximate surface area is 121 Å². The molecule has 0 fully saturated rings. The molecule has 0 bridgehead atoms. The van der Waals surface area contributed by atoms with E-state index in [0.29, 0.717) is 13.2 Å². The van der Waals surface area contributed by atoms with Crippen molar-refractivity contribution in [3.05, 3.63) is 20.8 Å². The van der Waals surface area contributed by atoms with Gasteiger partial charge >= 0.3 is 5.69 Å². The average molecular weight is 302 g/mol. The molecule has 1 rings (SSSR count). The number of H-pyrrole nitrogens is 1. The molecule has 0 saturated heterocycles. The molecule has 20 heavy (non-hydrogen) atoms. The first-order valence-corrected chi connectivity index (χ1v) is 7.62. The van der Waals surface area contributed by atoms with E-state index in [1.807, 2.05) is 6.92 Å². The van der Waals surface area contributed by atoms with Gasteiger partial charge in [-0.05, 0) is 12.7 Å². The van der Waals surface area contributed by atoms with Crippen LogP contribution in [0.3, 0.4) is 0 Å². The lowest BCUT2D eigenvalue weighted by atomic mass is 10.3. The Kier molecular flexibility index (Phi) is 6.66. The van der Waals surface area contributed by atoms with Crippen molar-refractivity contribution in [3.63, 3.8) is 0 Å². The fourth-order valence-electron chi connectivity index (χ4n) is 1.71. The second-order valence-corrected chi connectivity index (χ2v) is 5.69. The Hall–Kier alpha value is -1.41. The Bertz CT molecular complexity index is 540. The smallest absolute Gasteiger partial charge is 0.330 e. The zero-order valence-corrected chi connectivity index (χ0v) is 12.9. The molecule has 114 valence electrons. The molecule has 1 unspecified atom stereocenters. The number of methoxy groups -OCH3 is 1. The van der Waals surface area contributed by atoms with Crippen LogP contribution in [0, 0.1) is 0 Å². The zero-order chi connectivity index (χ0) is 15.1. The Morgan fingerprint density at radius 3 is 2.80 bits per heavy atom. The summed E-state index contributed by atoms with van der Waals surface area (Å²) >= 11 is 1.76. The molecule has 1 aromatic rings. The van der Waals surface area contributed by atoms with E-state index < -0.39 is 11.2 Å². The quantitative estimate of drug-likeness (QED) is 0.639. The molecule has 0 aliphatic rings. The molecule has 0 amide bonds. The van der Waals surface area contributed by atoms with Crippen LogP contribution in [-0.2, 0) is 11.3 Å². The minimum Gasteiger partial charge on any atom is -0.383 e. The van der Waals surface area contributed by atoms with E-state index in [2.05, 4.69) is 17.2 Å². The molecule has 8 heteroatoms. The summed E-state index contributed by atoms with van der Waals surface area (Å²) in [5.74, 6) is 2.00. The third kappa shape index (κ3) is 4.31. The van der Waals surface area contributed by atoms with E-state index >= 15 is 0 Å². The molecule has 0 aromatic carbocycles. The van der Waals surface area contributed by atoms with E-state index in [0.717, 1.165) is 11.5 Å². The van der Waals surface area contributed by atoms with Crippen molar-refractivity contribution >= 4 is 23.3 Å². The van der Waals surface area contributed by atoms with Gasteiger partial charge < -0.3 is 15.8 Å². The maximum atomic E-state index is 11.8. The lowest BCUT2D eigenvalue weighted by Gasteiger charge is -2.17.